The molecule has 2 aromatic heterocycles. The van der Waals surface area contributed by atoms with Gasteiger partial charge in [-0.1, -0.05) is 18.2 Å². The van der Waals surface area contributed by atoms with Crippen molar-refractivity contribution in [2.75, 3.05) is 12.4 Å². The van der Waals surface area contributed by atoms with Gasteiger partial charge in [-0.05, 0) is 25.0 Å². The fraction of sp³-hybridized carbons (Fsp3) is 0.235. The van der Waals surface area contributed by atoms with E-state index in [2.05, 4.69) is 33.5 Å². The van der Waals surface area contributed by atoms with Gasteiger partial charge in [-0.25, -0.2) is 9.97 Å². The van der Waals surface area contributed by atoms with Gasteiger partial charge in [0.25, 0.3) is 0 Å². The molecule has 1 fully saturated rings. The monoisotopic (exact) mass is 276 g/mol. The van der Waals surface area contributed by atoms with Crippen molar-refractivity contribution in [2.45, 2.75) is 18.8 Å². The summed E-state index contributed by atoms with van der Waals surface area (Å²) in [5.41, 5.74) is 3.08. The van der Waals surface area contributed by atoms with Gasteiger partial charge < -0.3 is 5.32 Å². The minimum absolute atomic E-state index is 0.599. The van der Waals surface area contributed by atoms with Crippen molar-refractivity contribution in [1.82, 2.24) is 15.0 Å². The first kappa shape index (κ1) is 12.3. The molecule has 0 amide bonds. The highest BCUT2D eigenvalue weighted by Gasteiger charge is 2.26. The molecule has 0 saturated heterocycles. The molecule has 4 heteroatoms. The van der Waals surface area contributed by atoms with Crippen molar-refractivity contribution in [3.63, 3.8) is 0 Å². The summed E-state index contributed by atoms with van der Waals surface area (Å²) in [5, 5.41) is 4.25. The highest BCUT2D eigenvalue weighted by Crippen LogP contribution is 2.40. The van der Waals surface area contributed by atoms with E-state index in [-0.39, 0.29) is 0 Å². The van der Waals surface area contributed by atoms with Crippen LogP contribution in [0.3, 0.4) is 0 Å². The first-order chi connectivity index (χ1) is 10.3. The van der Waals surface area contributed by atoms with E-state index in [0.29, 0.717) is 5.92 Å². The third-order valence-electron chi connectivity index (χ3n) is 3.87. The molecule has 3 aromatic rings. The summed E-state index contributed by atoms with van der Waals surface area (Å²) in [5.74, 6) is 2.23. The van der Waals surface area contributed by atoms with Crippen molar-refractivity contribution < 1.29 is 0 Å². The van der Waals surface area contributed by atoms with E-state index in [1.165, 1.54) is 12.8 Å². The van der Waals surface area contributed by atoms with Crippen LogP contribution in [0.4, 0.5) is 5.82 Å². The number of anilines is 1. The zero-order chi connectivity index (χ0) is 14.2. The second-order valence-corrected chi connectivity index (χ2v) is 5.41. The van der Waals surface area contributed by atoms with Crippen LogP contribution >= 0.6 is 0 Å². The van der Waals surface area contributed by atoms with Gasteiger partial charge in [0.2, 0.25) is 0 Å². The molecule has 0 spiro atoms. The summed E-state index contributed by atoms with van der Waals surface area (Å²) in [6.07, 6.45) is 4.27. The molecule has 1 aliphatic carbocycles. The predicted molar refractivity (Wildman–Crippen MR) is 84.3 cm³/mol. The van der Waals surface area contributed by atoms with Crippen LogP contribution in [0.5, 0.6) is 0 Å². The number of benzene rings is 1. The molecule has 4 rings (SSSR count). The number of nitrogens with one attached hydrogen (secondary N) is 1. The van der Waals surface area contributed by atoms with Gasteiger partial charge in [0, 0.05) is 41.9 Å². The minimum Gasteiger partial charge on any atom is -0.373 e. The summed E-state index contributed by atoms with van der Waals surface area (Å²) in [6, 6.07) is 12.2. The normalized spacial score (nSPS) is 14.3. The Bertz CT molecular complexity index is 803. The van der Waals surface area contributed by atoms with E-state index in [9.17, 15) is 0 Å². The van der Waals surface area contributed by atoms with Crippen molar-refractivity contribution in [1.29, 1.82) is 0 Å². The Morgan fingerprint density at radius 2 is 1.95 bits per heavy atom. The van der Waals surface area contributed by atoms with E-state index >= 15 is 0 Å². The van der Waals surface area contributed by atoms with Crippen LogP contribution < -0.4 is 5.32 Å². The summed E-state index contributed by atoms with van der Waals surface area (Å²) >= 11 is 0. The molecule has 2 heterocycles. The van der Waals surface area contributed by atoms with Gasteiger partial charge in [-0.15, -0.1) is 0 Å². The van der Waals surface area contributed by atoms with Crippen molar-refractivity contribution >= 4 is 16.7 Å². The molecular formula is C17H16N4. The number of pyridine rings is 1. The van der Waals surface area contributed by atoms with E-state index in [0.717, 1.165) is 33.8 Å². The van der Waals surface area contributed by atoms with Gasteiger partial charge in [-0.3, -0.25) is 4.98 Å². The van der Waals surface area contributed by atoms with Gasteiger partial charge in [0.15, 0.2) is 5.82 Å². The number of nitrogens with zero attached hydrogens (tertiary/aromatic N) is 3. The first-order valence-electron chi connectivity index (χ1n) is 7.26. The predicted octanol–water partition coefficient (Wildman–Crippen LogP) is 3.61. The highest BCUT2D eigenvalue weighted by atomic mass is 15.0. The molecule has 1 saturated carbocycles. The number of hydrogen-bond acceptors (Lipinski definition) is 4. The quantitative estimate of drug-likeness (QED) is 0.794. The Morgan fingerprint density at radius 3 is 2.76 bits per heavy atom. The van der Waals surface area contributed by atoms with Crippen molar-refractivity contribution in [2.24, 2.45) is 0 Å². The number of fused-ring (bicyclic) bond motifs is 1. The van der Waals surface area contributed by atoms with Crippen molar-refractivity contribution in [3.05, 3.63) is 48.3 Å². The average Bonchev–Trinajstić information content (AvgIpc) is 3.39. The fourth-order valence-electron chi connectivity index (χ4n) is 2.59. The maximum absolute atomic E-state index is 4.77. The topological polar surface area (TPSA) is 50.7 Å². The number of rotatable bonds is 3. The summed E-state index contributed by atoms with van der Waals surface area (Å²) in [7, 11) is 1.89. The Morgan fingerprint density at radius 1 is 1.10 bits per heavy atom. The molecule has 104 valence electrons. The van der Waals surface area contributed by atoms with Gasteiger partial charge in [0.1, 0.15) is 5.82 Å². The van der Waals surface area contributed by atoms with E-state index < -0.39 is 0 Å². The lowest BCUT2D eigenvalue weighted by Gasteiger charge is -2.09. The van der Waals surface area contributed by atoms with Crippen LogP contribution in [0.1, 0.15) is 24.5 Å². The first-order valence-corrected chi connectivity index (χ1v) is 7.26. The van der Waals surface area contributed by atoms with Crippen molar-refractivity contribution in [3.8, 4) is 11.4 Å². The molecule has 0 atom stereocenters. The average molecular weight is 276 g/mol. The van der Waals surface area contributed by atoms with Gasteiger partial charge >= 0.3 is 0 Å². The molecule has 4 nitrogen and oxygen atoms in total. The molecule has 0 radical (unpaired) electrons. The molecule has 0 bridgehead atoms. The number of aromatic nitrogens is 3. The summed E-state index contributed by atoms with van der Waals surface area (Å²) in [4.78, 5) is 13.9. The van der Waals surface area contributed by atoms with Gasteiger partial charge in [-0.2, -0.15) is 0 Å². The molecule has 0 unspecified atom stereocenters. The minimum atomic E-state index is 0.599. The van der Waals surface area contributed by atoms with Gasteiger partial charge in [0.05, 0.1) is 5.52 Å². The highest BCUT2D eigenvalue weighted by molar-refractivity contribution is 5.91. The molecule has 1 aliphatic rings. The van der Waals surface area contributed by atoms with Crippen LogP contribution in [0.25, 0.3) is 22.3 Å². The van der Waals surface area contributed by atoms with Crippen LogP contribution in [0.2, 0.25) is 0 Å². The Kier molecular flexibility index (Phi) is 2.81. The Balaban J connectivity index is 1.93. The standard InChI is InChI=1S/C17H16N4/c1-18-15-10-14(11-7-8-11)20-17(21-15)13-6-2-4-12-5-3-9-19-16(12)13/h2-6,9-11H,7-8H2,1H3,(H,18,20,21). The molecule has 0 aliphatic heterocycles. The lowest BCUT2D eigenvalue weighted by molar-refractivity contribution is 0.995. The summed E-state index contributed by atoms with van der Waals surface area (Å²) < 4.78 is 0. The van der Waals surface area contributed by atoms with E-state index in [1.807, 2.05) is 31.4 Å². The molecule has 21 heavy (non-hydrogen) atoms. The second kappa shape index (κ2) is 4.81. The van der Waals surface area contributed by atoms with E-state index in [4.69, 9.17) is 4.98 Å². The maximum atomic E-state index is 4.77. The van der Waals surface area contributed by atoms with Crippen LogP contribution in [0, 0.1) is 0 Å². The third-order valence-corrected chi connectivity index (χ3v) is 3.87. The van der Waals surface area contributed by atoms with Crippen LogP contribution in [0.15, 0.2) is 42.6 Å². The number of hydrogen-bond donors (Lipinski definition) is 1. The Labute approximate surface area is 123 Å². The molecule has 1 N–H and O–H groups in total. The smallest absolute Gasteiger partial charge is 0.163 e. The SMILES string of the molecule is CNc1cc(C2CC2)nc(-c2cccc3cccnc23)n1. The second-order valence-electron chi connectivity index (χ2n) is 5.41. The zero-order valence-corrected chi connectivity index (χ0v) is 11.9. The van der Waals surface area contributed by atoms with Crippen LogP contribution in [-0.4, -0.2) is 22.0 Å². The lowest BCUT2D eigenvalue weighted by atomic mass is 10.1. The summed E-state index contributed by atoms with van der Waals surface area (Å²) in [6.45, 7) is 0. The fourth-order valence-corrected chi connectivity index (χ4v) is 2.59. The third kappa shape index (κ3) is 2.23. The number of para-hydroxylation sites is 1. The maximum Gasteiger partial charge on any atom is 0.163 e. The zero-order valence-electron chi connectivity index (χ0n) is 11.9. The van der Waals surface area contributed by atoms with Crippen LogP contribution in [-0.2, 0) is 0 Å². The Hall–Kier alpha value is -2.49. The lowest BCUT2D eigenvalue weighted by Crippen LogP contribution is -2.00. The van der Waals surface area contributed by atoms with E-state index in [1.54, 1.807) is 0 Å². The largest absolute Gasteiger partial charge is 0.373 e. The molecule has 1 aromatic carbocycles. The molecular weight excluding hydrogens is 260 g/mol.